The number of unbranched alkanes of at least 4 members (excludes halogenated alkanes) is 1. The Labute approximate surface area is 169 Å². The monoisotopic (exact) mass is 395 g/mol. The lowest BCUT2D eigenvalue weighted by Crippen LogP contribution is -2.30. The largest absolute Gasteiger partial charge is 0.507 e. The number of pyridine rings is 1. The molecule has 7 heteroatoms. The molecule has 0 fully saturated rings. The van der Waals surface area contributed by atoms with Crippen molar-refractivity contribution in [3.05, 3.63) is 57.9 Å². The molecule has 0 radical (unpaired) electrons. The van der Waals surface area contributed by atoms with Crippen LogP contribution >= 0.6 is 0 Å². The van der Waals surface area contributed by atoms with Gasteiger partial charge in [-0.15, -0.1) is 0 Å². The fourth-order valence-electron chi connectivity index (χ4n) is 3.43. The number of aryl methyl sites for hydroxylation is 2. The van der Waals surface area contributed by atoms with Crippen LogP contribution in [0.25, 0.3) is 0 Å². The molecule has 3 rings (SSSR count). The molecule has 1 aliphatic heterocycles. The highest BCUT2D eigenvalue weighted by Gasteiger charge is 2.28. The molecule has 0 amide bonds. The van der Waals surface area contributed by atoms with E-state index >= 15 is 0 Å². The molecule has 0 spiro atoms. The van der Waals surface area contributed by atoms with E-state index in [-0.39, 0.29) is 29.5 Å². The number of Topliss-reactive ketones (excluding diaryl/α,β-unsaturated/α-hetero) is 1. The quantitative estimate of drug-likeness (QED) is 0.551. The highest BCUT2D eigenvalue weighted by molar-refractivity contribution is 6.05. The number of nitrogens with one attached hydrogen (secondary N) is 1. The molecular weight excluding hydrogens is 370 g/mol. The van der Waals surface area contributed by atoms with E-state index in [0.29, 0.717) is 29.8 Å². The number of phenolic OH excluding ortho intramolecular Hbond substituents is 1. The molecular formula is C22H25N3O4. The minimum Gasteiger partial charge on any atom is -0.507 e. The average molecular weight is 395 g/mol. The van der Waals surface area contributed by atoms with Crippen molar-refractivity contribution in [2.24, 2.45) is 0 Å². The number of nitrogens with zero attached hydrogens (tertiary/aromatic N) is 2. The number of aromatic hydroxyl groups is 1. The number of hydrogen-bond donors (Lipinski definition) is 2. The van der Waals surface area contributed by atoms with Gasteiger partial charge in [0.2, 0.25) is 0 Å². The highest BCUT2D eigenvalue weighted by Crippen LogP contribution is 2.28. The van der Waals surface area contributed by atoms with Gasteiger partial charge in [0.1, 0.15) is 22.8 Å². The maximum atomic E-state index is 13.0. The Bertz CT molecular complexity index is 984. The minimum atomic E-state index is -0.684. The lowest BCUT2D eigenvalue weighted by Gasteiger charge is -2.17. The van der Waals surface area contributed by atoms with Gasteiger partial charge in [-0.2, -0.15) is 0 Å². The number of phenols is 1. The highest BCUT2D eigenvalue weighted by atomic mass is 16.5. The maximum absolute atomic E-state index is 13.0. The Morgan fingerprint density at radius 3 is 2.76 bits per heavy atom. The van der Waals surface area contributed by atoms with E-state index in [2.05, 4.69) is 4.98 Å². The molecule has 0 unspecified atom stereocenters. The van der Waals surface area contributed by atoms with Gasteiger partial charge in [0.05, 0.1) is 13.7 Å². The second-order valence-corrected chi connectivity index (χ2v) is 7.21. The molecule has 1 aromatic carbocycles. The summed E-state index contributed by atoms with van der Waals surface area (Å²) in [6.45, 7) is 4.33. The molecule has 2 heterocycles. The van der Waals surface area contributed by atoms with Crippen LogP contribution in [0, 0.1) is 12.3 Å². The summed E-state index contributed by atoms with van der Waals surface area (Å²) >= 11 is 0. The Balaban J connectivity index is 1.87. The van der Waals surface area contributed by atoms with Gasteiger partial charge in [-0.25, -0.2) is 9.78 Å². The zero-order valence-electron chi connectivity index (χ0n) is 16.9. The second kappa shape index (κ2) is 8.43. The van der Waals surface area contributed by atoms with Crippen LogP contribution in [0.15, 0.2) is 24.3 Å². The number of fused-ring (bicyclic) bond motifs is 1. The van der Waals surface area contributed by atoms with Gasteiger partial charge in [0.25, 0.3) is 0 Å². The van der Waals surface area contributed by atoms with E-state index in [1.165, 1.54) is 13.2 Å². The van der Waals surface area contributed by atoms with Crippen molar-refractivity contribution in [1.29, 1.82) is 5.41 Å². The van der Waals surface area contributed by atoms with Gasteiger partial charge >= 0.3 is 5.97 Å². The van der Waals surface area contributed by atoms with E-state index in [1.54, 1.807) is 11.0 Å². The van der Waals surface area contributed by atoms with E-state index in [9.17, 15) is 14.7 Å². The molecule has 0 atom stereocenters. The first-order valence-corrected chi connectivity index (χ1v) is 9.63. The fourth-order valence-corrected chi connectivity index (χ4v) is 3.43. The van der Waals surface area contributed by atoms with Crippen LogP contribution in [0.2, 0.25) is 0 Å². The number of hydrogen-bond acceptors (Lipinski definition) is 6. The molecule has 1 aliphatic rings. The standard InChI is InChI=1S/C22H25N3O4/c1-4-5-6-14-9-16(10-17(20(14)27)22(28)29-3)18(26)12-25-11-15-8-7-13(2)24-19(15)21(25)23/h7-10,23,27H,4-6,11-12H2,1-3H3. The zero-order chi connectivity index (χ0) is 21.1. The second-order valence-electron chi connectivity index (χ2n) is 7.21. The Hall–Kier alpha value is -3.22. The molecule has 29 heavy (non-hydrogen) atoms. The van der Waals surface area contributed by atoms with E-state index in [1.807, 2.05) is 26.0 Å². The van der Waals surface area contributed by atoms with Crippen LogP contribution in [0.1, 0.15) is 63.0 Å². The molecule has 0 aliphatic carbocycles. The number of carbonyl (C=O) groups excluding carboxylic acids is 2. The van der Waals surface area contributed by atoms with E-state index in [4.69, 9.17) is 10.1 Å². The summed E-state index contributed by atoms with van der Waals surface area (Å²) in [5.41, 5.74) is 3.20. The first-order valence-electron chi connectivity index (χ1n) is 9.63. The first kappa shape index (κ1) is 20.5. The van der Waals surface area contributed by atoms with Crippen LogP contribution in [0.5, 0.6) is 5.75 Å². The van der Waals surface area contributed by atoms with Gasteiger partial charge in [-0.05, 0) is 43.5 Å². The minimum absolute atomic E-state index is 0.00710. The average Bonchev–Trinajstić information content (AvgIpc) is 3.01. The number of esters is 1. The van der Waals surface area contributed by atoms with Crippen molar-refractivity contribution in [2.45, 2.75) is 39.7 Å². The lowest BCUT2D eigenvalue weighted by molar-refractivity contribution is 0.0597. The van der Waals surface area contributed by atoms with Crippen molar-refractivity contribution in [2.75, 3.05) is 13.7 Å². The van der Waals surface area contributed by atoms with Gasteiger partial charge in [0.15, 0.2) is 5.78 Å². The number of rotatable bonds is 7. The fraction of sp³-hybridized carbons (Fsp3) is 0.364. The third-order valence-corrected chi connectivity index (χ3v) is 5.07. The number of carbonyl (C=O) groups is 2. The first-order chi connectivity index (χ1) is 13.8. The Kier molecular flexibility index (Phi) is 5.96. The number of amidine groups is 1. The predicted octanol–water partition coefficient (Wildman–Crippen LogP) is 3.25. The number of ketones is 1. The summed E-state index contributed by atoms with van der Waals surface area (Å²) in [5.74, 6) is -0.837. The summed E-state index contributed by atoms with van der Waals surface area (Å²) in [5, 5.41) is 18.8. The third-order valence-electron chi connectivity index (χ3n) is 5.07. The van der Waals surface area contributed by atoms with Crippen LogP contribution in [-0.2, 0) is 17.7 Å². The van der Waals surface area contributed by atoms with Crippen molar-refractivity contribution >= 4 is 17.6 Å². The normalized spacial score (nSPS) is 12.8. The maximum Gasteiger partial charge on any atom is 0.341 e. The van der Waals surface area contributed by atoms with Gasteiger partial charge < -0.3 is 14.7 Å². The summed E-state index contributed by atoms with van der Waals surface area (Å²) < 4.78 is 4.75. The van der Waals surface area contributed by atoms with Gasteiger partial charge in [-0.1, -0.05) is 19.4 Å². The van der Waals surface area contributed by atoms with Crippen LogP contribution in [0.3, 0.4) is 0 Å². The summed E-state index contributed by atoms with van der Waals surface area (Å²) in [6, 6.07) is 6.82. The molecule has 2 N–H and O–H groups in total. The summed E-state index contributed by atoms with van der Waals surface area (Å²) in [6.07, 6.45) is 2.30. The predicted molar refractivity (Wildman–Crippen MR) is 109 cm³/mol. The Morgan fingerprint density at radius 1 is 1.31 bits per heavy atom. The van der Waals surface area contributed by atoms with Crippen molar-refractivity contribution in [3.63, 3.8) is 0 Å². The van der Waals surface area contributed by atoms with Crippen LogP contribution in [-0.4, -0.2) is 46.2 Å². The van der Waals surface area contributed by atoms with Gasteiger partial charge in [-0.3, -0.25) is 10.2 Å². The molecule has 2 aromatic rings. The number of methoxy groups -OCH3 is 1. The SMILES string of the molecule is CCCCc1cc(C(=O)CN2Cc3ccc(C)nc3C2=N)cc(C(=O)OC)c1O. The summed E-state index contributed by atoms with van der Waals surface area (Å²) in [7, 11) is 1.24. The van der Waals surface area contributed by atoms with Crippen LogP contribution < -0.4 is 0 Å². The molecule has 0 bridgehead atoms. The number of benzene rings is 1. The molecule has 0 saturated carbocycles. The topological polar surface area (TPSA) is 104 Å². The van der Waals surface area contributed by atoms with Crippen molar-refractivity contribution < 1.29 is 19.4 Å². The zero-order valence-corrected chi connectivity index (χ0v) is 16.9. The van der Waals surface area contributed by atoms with E-state index in [0.717, 1.165) is 24.1 Å². The number of aromatic nitrogens is 1. The number of ether oxygens (including phenoxy) is 1. The third kappa shape index (κ3) is 4.13. The van der Waals surface area contributed by atoms with Crippen molar-refractivity contribution in [1.82, 2.24) is 9.88 Å². The molecule has 1 aromatic heterocycles. The smallest absolute Gasteiger partial charge is 0.341 e. The van der Waals surface area contributed by atoms with Crippen molar-refractivity contribution in [3.8, 4) is 5.75 Å². The molecule has 0 saturated heterocycles. The van der Waals surface area contributed by atoms with E-state index < -0.39 is 5.97 Å². The van der Waals surface area contributed by atoms with Gasteiger partial charge in [0, 0.05) is 23.4 Å². The Morgan fingerprint density at radius 2 is 2.07 bits per heavy atom. The molecule has 7 nitrogen and oxygen atoms in total. The summed E-state index contributed by atoms with van der Waals surface area (Å²) in [4.78, 5) is 31.1. The van der Waals surface area contributed by atoms with Crippen LogP contribution in [0.4, 0.5) is 0 Å². The molecule has 152 valence electrons. The lowest BCUT2D eigenvalue weighted by atomic mass is 9.97.